The summed E-state index contributed by atoms with van der Waals surface area (Å²) in [6, 6.07) is 16.7. The van der Waals surface area contributed by atoms with Crippen LogP contribution in [0.25, 0.3) is 11.1 Å². The molecular weight excluding hydrogens is 388 g/mol. The van der Waals surface area contributed by atoms with Crippen LogP contribution in [0.3, 0.4) is 0 Å². The second kappa shape index (κ2) is 11.1. The number of carboxylic acid groups (broad SMARTS) is 2. The quantitative estimate of drug-likeness (QED) is 0.534. The number of ether oxygens (including phenoxy) is 1. The molecule has 30 heavy (non-hydrogen) atoms. The number of rotatable bonds is 7. The van der Waals surface area contributed by atoms with Gasteiger partial charge < -0.3 is 20.7 Å². The van der Waals surface area contributed by atoms with Gasteiger partial charge in [0, 0.05) is 0 Å². The zero-order chi connectivity index (χ0) is 21.9. The maximum Gasteiger partial charge on any atom is 0.321 e. The monoisotopic (exact) mass is 410 g/mol. The first-order valence-corrected chi connectivity index (χ1v) is 9.01. The first-order chi connectivity index (χ1) is 14.4. The van der Waals surface area contributed by atoms with Crippen molar-refractivity contribution in [3.05, 3.63) is 66.0 Å². The third-order valence-corrected chi connectivity index (χ3v) is 4.01. The summed E-state index contributed by atoms with van der Waals surface area (Å²) >= 11 is 0. The number of benzene rings is 2. The van der Waals surface area contributed by atoms with E-state index in [0.29, 0.717) is 6.61 Å². The van der Waals surface area contributed by atoms with E-state index in [1.165, 1.54) is 23.0 Å². The van der Waals surface area contributed by atoms with Crippen molar-refractivity contribution < 1.29 is 24.5 Å². The Morgan fingerprint density at radius 3 is 2.23 bits per heavy atom. The summed E-state index contributed by atoms with van der Waals surface area (Å²) in [5.41, 5.74) is 10.2. The minimum absolute atomic E-state index is 0.153. The Morgan fingerprint density at radius 2 is 1.63 bits per heavy atom. The Hall–Kier alpha value is -4.01. The van der Waals surface area contributed by atoms with Gasteiger partial charge in [-0.05, 0) is 29.2 Å². The van der Waals surface area contributed by atoms with Crippen molar-refractivity contribution in [1.82, 2.24) is 15.0 Å². The molecule has 4 N–H and O–H groups in total. The van der Waals surface area contributed by atoms with Crippen LogP contribution in [-0.2, 0) is 16.2 Å². The molecule has 1 aromatic heterocycles. The van der Waals surface area contributed by atoms with Crippen molar-refractivity contribution in [2.24, 2.45) is 0 Å². The van der Waals surface area contributed by atoms with Gasteiger partial charge in [0.2, 0.25) is 5.95 Å². The highest BCUT2D eigenvalue weighted by molar-refractivity contribution is 5.75. The lowest BCUT2D eigenvalue weighted by molar-refractivity contribution is -0.143. The number of carbonyl (C=O) groups is 2. The first-order valence-electron chi connectivity index (χ1n) is 9.01. The molecule has 0 spiro atoms. The fourth-order valence-electron chi connectivity index (χ4n) is 2.49. The lowest BCUT2D eigenvalue weighted by Gasteiger charge is -2.12. The van der Waals surface area contributed by atoms with Crippen molar-refractivity contribution in [1.29, 1.82) is 0 Å². The molecule has 0 aliphatic heterocycles. The molecule has 3 aromatic rings. The number of hydrogen-bond acceptors (Lipinski definition) is 7. The van der Waals surface area contributed by atoms with Crippen molar-refractivity contribution in [3.8, 4) is 17.1 Å². The van der Waals surface area contributed by atoms with Crippen molar-refractivity contribution in [2.75, 3.05) is 5.73 Å². The maximum atomic E-state index is 9.64. The maximum absolute atomic E-state index is 9.64. The predicted molar refractivity (Wildman–Crippen MR) is 110 cm³/mol. The third-order valence-electron chi connectivity index (χ3n) is 4.01. The molecule has 0 saturated heterocycles. The molecule has 0 aliphatic carbocycles. The number of anilines is 1. The van der Waals surface area contributed by atoms with E-state index < -0.39 is 11.9 Å². The Labute approximate surface area is 173 Å². The van der Waals surface area contributed by atoms with Crippen LogP contribution in [-0.4, -0.2) is 37.1 Å². The third kappa shape index (κ3) is 7.19. The molecule has 0 saturated carbocycles. The van der Waals surface area contributed by atoms with E-state index in [0.717, 1.165) is 5.56 Å². The summed E-state index contributed by atoms with van der Waals surface area (Å²) < 4.78 is 5.60. The van der Waals surface area contributed by atoms with Gasteiger partial charge in [0.05, 0.1) is 12.8 Å². The van der Waals surface area contributed by atoms with Gasteiger partial charge >= 0.3 is 17.9 Å². The summed E-state index contributed by atoms with van der Waals surface area (Å²) in [5.74, 6) is -2.00. The van der Waals surface area contributed by atoms with Gasteiger partial charge in [-0.3, -0.25) is 9.59 Å². The highest BCUT2D eigenvalue weighted by Crippen LogP contribution is 2.26. The molecule has 0 bridgehead atoms. The highest BCUT2D eigenvalue weighted by Gasteiger charge is 2.07. The molecule has 0 amide bonds. The Balaban J connectivity index is 0.000000343. The van der Waals surface area contributed by atoms with Crippen molar-refractivity contribution in [3.63, 3.8) is 0 Å². The minimum atomic E-state index is -1.08. The van der Waals surface area contributed by atoms with Crippen LogP contribution in [0.5, 0.6) is 6.01 Å². The molecule has 1 heterocycles. The Morgan fingerprint density at radius 1 is 0.967 bits per heavy atom. The van der Waals surface area contributed by atoms with Gasteiger partial charge in [-0.15, -0.1) is 0 Å². The van der Waals surface area contributed by atoms with Gasteiger partial charge in [-0.2, -0.15) is 9.97 Å². The molecule has 2 aromatic carbocycles. The average Bonchev–Trinajstić information content (AvgIpc) is 2.73. The van der Waals surface area contributed by atoms with Gasteiger partial charge in [0.15, 0.2) is 0 Å². The summed E-state index contributed by atoms with van der Waals surface area (Å²) in [7, 11) is 0. The normalized spacial score (nSPS) is 9.90. The lowest BCUT2D eigenvalue weighted by Crippen LogP contribution is -2.04. The second-order valence-electron chi connectivity index (χ2n) is 6.16. The average molecular weight is 410 g/mol. The van der Waals surface area contributed by atoms with E-state index in [1.54, 1.807) is 0 Å². The van der Waals surface area contributed by atoms with E-state index >= 15 is 0 Å². The Kier molecular flexibility index (Phi) is 8.25. The standard InChI is InChI=1S/C17H16N4O.C4H6O4/c1-12-14(10-22-17-20-11-19-16(18)21-17)8-5-9-15(12)13-6-3-2-4-7-13;5-3(6)1-2-4(7)8/h2-9,11H,10H2,1H3,(H2,18,19,20,21);1-2H2,(H,5,6)(H,7,8). The van der Waals surface area contributed by atoms with Crippen LogP contribution in [0.2, 0.25) is 0 Å². The number of aromatic nitrogens is 3. The topological polar surface area (TPSA) is 149 Å². The molecule has 9 heteroatoms. The Bertz CT molecular complexity index is 982. The van der Waals surface area contributed by atoms with Crippen LogP contribution in [0, 0.1) is 6.92 Å². The van der Waals surface area contributed by atoms with Crippen LogP contribution < -0.4 is 10.5 Å². The summed E-state index contributed by atoms with van der Waals surface area (Å²) in [6.07, 6.45) is 0.746. The van der Waals surface area contributed by atoms with Crippen LogP contribution >= 0.6 is 0 Å². The van der Waals surface area contributed by atoms with E-state index in [1.807, 2.05) is 30.3 Å². The molecular formula is C21H22N4O5. The molecule has 0 atom stereocenters. The number of carboxylic acids is 2. The highest BCUT2D eigenvalue weighted by atomic mass is 16.5. The molecule has 0 aliphatic rings. The number of nitrogens with two attached hydrogens (primary N) is 1. The predicted octanol–water partition coefficient (Wildman–Crippen LogP) is 2.94. The van der Waals surface area contributed by atoms with E-state index in [-0.39, 0.29) is 24.8 Å². The van der Waals surface area contributed by atoms with Gasteiger partial charge in [0.25, 0.3) is 0 Å². The minimum Gasteiger partial charge on any atom is -0.481 e. The van der Waals surface area contributed by atoms with Crippen LogP contribution in [0.4, 0.5) is 5.95 Å². The largest absolute Gasteiger partial charge is 0.481 e. The van der Waals surface area contributed by atoms with Crippen molar-refractivity contribution >= 4 is 17.9 Å². The molecule has 9 nitrogen and oxygen atoms in total. The number of nitrogens with zero attached hydrogens (tertiary/aromatic N) is 3. The fraction of sp³-hybridized carbons (Fsp3) is 0.190. The number of nitrogen functional groups attached to an aromatic ring is 1. The second-order valence-corrected chi connectivity index (χ2v) is 6.16. The molecule has 3 rings (SSSR count). The summed E-state index contributed by atoms with van der Waals surface area (Å²) in [5, 5.41) is 15.8. The number of aliphatic carboxylic acids is 2. The molecule has 0 fully saturated rings. The van der Waals surface area contributed by atoms with E-state index in [4.69, 9.17) is 20.7 Å². The smallest absolute Gasteiger partial charge is 0.321 e. The van der Waals surface area contributed by atoms with E-state index in [9.17, 15) is 9.59 Å². The molecule has 0 unspecified atom stereocenters. The van der Waals surface area contributed by atoms with Crippen LogP contribution in [0.1, 0.15) is 24.0 Å². The number of hydrogen-bond donors (Lipinski definition) is 3. The molecule has 0 radical (unpaired) electrons. The van der Waals surface area contributed by atoms with Crippen LogP contribution in [0.15, 0.2) is 54.9 Å². The fourth-order valence-corrected chi connectivity index (χ4v) is 2.49. The van der Waals surface area contributed by atoms with Crippen molar-refractivity contribution in [2.45, 2.75) is 26.4 Å². The summed E-state index contributed by atoms with van der Waals surface area (Å²) in [4.78, 5) is 30.9. The van der Waals surface area contributed by atoms with E-state index in [2.05, 4.69) is 40.1 Å². The first kappa shape index (κ1) is 22.3. The van der Waals surface area contributed by atoms with Gasteiger partial charge in [-0.1, -0.05) is 48.5 Å². The molecule has 156 valence electrons. The SMILES string of the molecule is Cc1c(COc2ncnc(N)n2)cccc1-c1ccccc1.O=C(O)CCC(=O)O. The lowest BCUT2D eigenvalue weighted by atomic mass is 9.97. The zero-order valence-corrected chi connectivity index (χ0v) is 16.4. The van der Waals surface area contributed by atoms with Gasteiger partial charge in [0.1, 0.15) is 12.9 Å². The van der Waals surface area contributed by atoms with Gasteiger partial charge in [-0.25, -0.2) is 4.98 Å². The zero-order valence-electron chi connectivity index (χ0n) is 16.4. The summed E-state index contributed by atoms with van der Waals surface area (Å²) in [6.45, 7) is 2.47.